The van der Waals surface area contributed by atoms with Crippen molar-refractivity contribution in [1.29, 1.82) is 0 Å². The number of nitrogens with one attached hydrogen (secondary N) is 1. The Morgan fingerprint density at radius 3 is 2.19 bits per heavy atom. The Hall–Kier alpha value is -0.160. The zero-order valence-electron chi connectivity index (χ0n) is 10.8. The summed E-state index contributed by atoms with van der Waals surface area (Å²) in [6.45, 7) is 5.23. The third kappa shape index (κ3) is 13.8. The molecule has 0 aromatic rings. The quantitative estimate of drug-likeness (QED) is 0.489. The third-order valence-corrected chi connectivity index (χ3v) is 2.28. The van der Waals surface area contributed by atoms with E-state index in [-0.39, 0.29) is 0 Å². The summed E-state index contributed by atoms with van der Waals surface area (Å²) < 4.78 is 15.2. The van der Waals surface area contributed by atoms with Crippen LogP contribution in [0.4, 0.5) is 0 Å². The fourth-order valence-corrected chi connectivity index (χ4v) is 1.34. The van der Waals surface area contributed by atoms with E-state index in [1.54, 1.807) is 14.2 Å². The van der Waals surface area contributed by atoms with Crippen molar-refractivity contribution in [1.82, 2.24) is 5.32 Å². The van der Waals surface area contributed by atoms with Crippen LogP contribution in [0.25, 0.3) is 0 Å². The maximum absolute atomic E-state index is 5.35. The van der Waals surface area contributed by atoms with Crippen LogP contribution in [0.5, 0.6) is 0 Å². The second kappa shape index (κ2) is 14.8. The Balaban J connectivity index is 2.83. The van der Waals surface area contributed by atoms with E-state index in [2.05, 4.69) is 5.32 Å². The van der Waals surface area contributed by atoms with Gasteiger partial charge in [0.1, 0.15) is 0 Å². The first-order valence-electron chi connectivity index (χ1n) is 6.18. The molecule has 0 aromatic heterocycles. The number of hydrogen-bond acceptors (Lipinski definition) is 4. The number of rotatable bonds is 13. The van der Waals surface area contributed by atoms with Crippen molar-refractivity contribution in [2.24, 2.45) is 0 Å². The fourth-order valence-electron chi connectivity index (χ4n) is 1.34. The highest BCUT2D eigenvalue weighted by atomic mass is 16.5. The van der Waals surface area contributed by atoms with Crippen LogP contribution >= 0.6 is 0 Å². The van der Waals surface area contributed by atoms with E-state index in [0.717, 1.165) is 39.1 Å². The Morgan fingerprint density at radius 1 is 0.688 bits per heavy atom. The molecule has 1 N–H and O–H groups in total. The second-order valence-electron chi connectivity index (χ2n) is 3.76. The highest BCUT2D eigenvalue weighted by Crippen LogP contribution is 1.93. The standard InChI is InChI=1S/C12H27NO3/c1-14-9-5-3-4-7-13-8-6-10-16-12-11-15-2/h13H,3-12H2,1-2H3. The predicted octanol–water partition coefficient (Wildman–Crippen LogP) is 1.45. The van der Waals surface area contributed by atoms with Crippen LogP contribution in [0.15, 0.2) is 0 Å². The van der Waals surface area contributed by atoms with Crippen LogP contribution in [-0.4, -0.2) is 53.7 Å². The largest absolute Gasteiger partial charge is 0.385 e. The maximum Gasteiger partial charge on any atom is 0.0700 e. The molecule has 0 saturated heterocycles. The topological polar surface area (TPSA) is 39.7 Å². The molecular formula is C12H27NO3. The molecular weight excluding hydrogens is 206 g/mol. The van der Waals surface area contributed by atoms with E-state index in [9.17, 15) is 0 Å². The summed E-state index contributed by atoms with van der Waals surface area (Å²) in [5.74, 6) is 0. The molecule has 0 aromatic carbocycles. The molecule has 4 heteroatoms. The van der Waals surface area contributed by atoms with Crippen molar-refractivity contribution in [3.63, 3.8) is 0 Å². The van der Waals surface area contributed by atoms with E-state index in [1.807, 2.05) is 0 Å². The Morgan fingerprint density at radius 2 is 1.44 bits per heavy atom. The molecule has 4 nitrogen and oxygen atoms in total. The summed E-state index contributed by atoms with van der Waals surface area (Å²) >= 11 is 0. The van der Waals surface area contributed by atoms with Gasteiger partial charge < -0.3 is 19.5 Å². The van der Waals surface area contributed by atoms with E-state index in [0.29, 0.717) is 13.2 Å². The molecule has 0 saturated carbocycles. The molecule has 0 radical (unpaired) electrons. The predicted molar refractivity (Wildman–Crippen MR) is 65.9 cm³/mol. The average molecular weight is 233 g/mol. The normalized spacial score (nSPS) is 10.9. The van der Waals surface area contributed by atoms with Gasteiger partial charge in [0.15, 0.2) is 0 Å². The first kappa shape index (κ1) is 15.8. The van der Waals surface area contributed by atoms with Crippen molar-refractivity contribution in [3.8, 4) is 0 Å². The Bertz CT molecular complexity index is 109. The molecule has 0 fully saturated rings. The molecule has 98 valence electrons. The summed E-state index contributed by atoms with van der Waals surface area (Å²) in [6, 6.07) is 0. The monoisotopic (exact) mass is 233 g/mol. The van der Waals surface area contributed by atoms with E-state index < -0.39 is 0 Å². The molecule has 16 heavy (non-hydrogen) atoms. The molecule has 0 aliphatic heterocycles. The summed E-state index contributed by atoms with van der Waals surface area (Å²) in [5, 5.41) is 3.40. The van der Waals surface area contributed by atoms with Crippen molar-refractivity contribution >= 4 is 0 Å². The highest BCUT2D eigenvalue weighted by Gasteiger charge is 1.91. The lowest BCUT2D eigenvalue weighted by Crippen LogP contribution is -2.18. The van der Waals surface area contributed by atoms with Gasteiger partial charge in [-0.15, -0.1) is 0 Å². The third-order valence-electron chi connectivity index (χ3n) is 2.28. The lowest BCUT2D eigenvalue weighted by molar-refractivity contribution is 0.0695. The molecule has 0 rings (SSSR count). The van der Waals surface area contributed by atoms with Gasteiger partial charge in [-0.2, -0.15) is 0 Å². The number of hydrogen-bond donors (Lipinski definition) is 1. The van der Waals surface area contributed by atoms with Gasteiger partial charge in [-0.3, -0.25) is 0 Å². The van der Waals surface area contributed by atoms with Crippen molar-refractivity contribution in [3.05, 3.63) is 0 Å². The lowest BCUT2D eigenvalue weighted by atomic mass is 10.2. The van der Waals surface area contributed by atoms with E-state index in [4.69, 9.17) is 14.2 Å². The first-order chi connectivity index (χ1) is 7.91. The van der Waals surface area contributed by atoms with Crippen LogP contribution in [0, 0.1) is 0 Å². The fraction of sp³-hybridized carbons (Fsp3) is 1.00. The first-order valence-corrected chi connectivity index (χ1v) is 6.18. The van der Waals surface area contributed by atoms with Gasteiger partial charge in [-0.1, -0.05) is 0 Å². The molecule has 0 amide bonds. The number of unbranched alkanes of at least 4 members (excludes halogenated alkanes) is 2. The maximum atomic E-state index is 5.35. The van der Waals surface area contributed by atoms with Gasteiger partial charge in [0.2, 0.25) is 0 Å². The molecule has 0 unspecified atom stereocenters. The Kier molecular flexibility index (Phi) is 14.7. The SMILES string of the molecule is COCCCCCNCCCOCCOC. The summed E-state index contributed by atoms with van der Waals surface area (Å²) in [5.41, 5.74) is 0. The van der Waals surface area contributed by atoms with E-state index >= 15 is 0 Å². The van der Waals surface area contributed by atoms with Crippen LogP contribution < -0.4 is 5.32 Å². The molecule has 0 spiro atoms. The van der Waals surface area contributed by atoms with Crippen molar-refractivity contribution in [2.75, 3.05) is 53.7 Å². The number of ether oxygens (including phenoxy) is 3. The minimum atomic E-state index is 0.687. The smallest absolute Gasteiger partial charge is 0.0700 e. The van der Waals surface area contributed by atoms with Gasteiger partial charge in [0.05, 0.1) is 13.2 Å². The van der Waals surface area contributed by atoms with Gasteiger partial charge in [-0.05, 0) is 38.8 Å². The van der Waals surface area contributed by atoms with E-state index in [1.165, 1.54) is 12.8 Å². The molecule has 0 bridgehead atoms. The molecule has 0 aliphatic rings. The number of methoxy groups -OCH3 is 2. The van der Waals surface area contributed by atoms with Crippen LogP contribution in [0.3, 0.4) is 0 Å². The van der Waals surface area contributed by atoms with Crippen molar-refractivity contribution < 1.29 is 14.2 Å². The van der Waals surface area contributed by atoms with Crippen LogP contribution in [0.2, 0.25) is 0 Å². The highest BCUT2D eigenvalue weighted by molar-refractivity contribution is 4.49. The van der Waals surface area contributed by atoms with Crippen LogP contribution in [-0.2, 0) is 14.2 Å². The zero-order chi connectivity index (χ0) is 11.9. The minimum absolute atomic E-state index is 0.687. The van der Waals surface area contributed by atoms with Crippen LogP contribution in [0.1, 0.15) is 25.7 Å². The van der Waals surface area contributed by atoms with Gasteiger partial charge >= 0.3 is 0 Å². The summed E-state index contributed by atoms with van der Waals surface area (Å²) in [4.78, 5) is 0. The minimum Gasteiger partial charge on any atom is -0.385 e. The summed E-state index contributed by atoms with van der Waals surface area (Å²) in [7, 11) is 3.44. The molecule has 0 aliphatic carbocycles. The summed E-state index contributed by atoms with van der Waals surface area (Å²) in [6.07, 6.45) is 4.71. The average Bonchev–Trinajstić information content (AvgIpc) is 2.31. The van der Waals surface area contributed by atoms with Gasteiger partial charge in [-0.25, -0.2) is 0 Å². The molecule has 0 heterocycles. The Labute approximate surface area is 99.6 Å². The lowest BCUT2D eigenvalue weighted by Gasteiger charge is -2.05. The van der Waals surface area contributed by atoms with Gasteiger partial charge in [0, 0.05) is 27.4 Å². The van der Waals surface area contributed by atoms with Crippen molar-refractivity contribution in [2.45, 2.75) is 25.7 Å². The van der Waals surface area contributed by atoms with Gasteiger partial charge in [0.25, 0.3) is 0 Å². The second-order valence-corrected chi connectivity index (χ2v) is 3.76. The zero-order valence-corrected chi connectivity index (χ0v) is 10.8. The molecule has 0 atom stereocenters.